The van der Waals surface area contributed by atoms with Crippen LogP contribution in [-0.4, -0.2) is 54.2 Å². The van der Waals surface area contributed by atoms with Gasteiger partial charge in [0.2, 0.25) is 5.91 Å². The standard InChI is InChI=1S/C12H17N5O3/c18-11(6-16-7-13-14-15-16)17-9-1-2-10(17)4-8(3-9)5-12(19)20/h7-10H,1-6H2,(H,19,20). The summed E-state index contributed by atoms with van der Waals surface area (Å²) >= 11 is 0. The number of carboxylic acid groups (broad SMARTS) is 1. The number of hydrogen-bond acceptors (Lipinski definition) is 5. The van der Waals surface area contributed by atoms with Crippen molar-refractivity contribution in [3.8, 4) is 0 Å². The van der Waals surface area contributed by atoms with Crippen LogP contribution in [0.25, 0.3) is 0 Å². The lowest BCUT2D eigenvalue weighted by Crippen LogP contribution is -2.48. The first kappa shape index (κ1) is 13.0. The summed E-state index contributed by atoms with van der Waals surface area (Å²) in [7, 11) is 0. The summed E-state index contributed by atoms with van der Waals surface area (Å²) in [5, 5.41) is 19.6. The number of carbonyl (C=O) groups is 2. The maximum Gasteiger partial charge on any atom is 0.303 e. The molecule has 2 saturated heterocycles. The van der Waals surface area contributed by atoms with Crippen LogP contribution in [0.3, 0.4) is 0 Å². The molecule has 1 amide bonds. The smallest absolute Gasteiger partial charge is 0.303 e. The lowest BCUT2D eigenvalue weighted by molar-refractivity contribution is -0.140. The Labute approximate surface area is 115 Å². The quantitative estimate of drug-likeness (QED) is 0.827. The largest absolute Gasteiger partial charge is 0.481 e. The third kappa shape index (κ3) is 2.50. The molecule has 2 fully saturated rings. The first-order valence-corrected chi connectivity index (χ1v) is 6.87. The summed E-state index contributed by atoms with van der Waals surface area (Å²) in [6.45, 7) is 0.156. The fourth-order valence-corrected chi connectivity index (χ4v) is 3.58. The van der Waals surface area contributed by atoms with Crippen molar-refractivity contribution in [1.82, 2.24) is 25.1 Å². The Bertz CT molecular complexity index is 489. The number of amides is 1. The van der Waals surface area contributed by atoms with Gasteiger partial charge in [-0.2, -0.15) is 0 Å². The number of nitrogens with zero attached hydrogens (tertiary/aromatic N) is 5. The van der Waals surface area contributed by atoms with Gasteiger partial charge >= 0.3 is 5.97 Å². The Morgan fingerprint density at radius 3 is 2.50 bits per heavy atom. The fraction of sp³-hybridized carbons (Fsp3) is 0.750. The Morgan fingerprint density at radius 1 is 1.25 bits per heavy atom. The van der Waals surface area contributed by atoms with Crippen molar-refractivity contribution in [3.05, 3.63) is 6.33 Å². The summed E-state index contributed by atoms with van der Waals surface area (Å²) < 4.78 is 1.42. The number of carboxylic acids is 1. The van der Waals surface area contributed by atoms with Crippen LogP contribution in [0.5, 0.6) is 0 Å². The summed E-state index contributed by atoms with van der Waals surface area (Å²) in [4.78, 5) is 25.1. The molecule has 2 bridgehead atoms. The number of aliphatic carboxylic acids is 1. The topological polar surface area (TPSA) is 101 Å². The van der Waals surface area contributed by atoms with Crippen molar-refractivity contribution in [1.29, 1.82) is 0 Å². The molecule has 0 radical (unpaired) electrons. The number of piperidine rings is 1. The van der Waals surface area contributed by atoms with Gasteiger partial charge in [-0.05, 0) is 42.0 Å². The zero-order valence-electron chi connectivity index (χ0n) is 11.1. The second-order valence-electron chi connectivity index (χ2n) is 5.63. The molecule has 0 aromatic carbocycles. The summed E-state index contributed by atoms with van der Waals surface area (Å²) in [6, 6.07) is 0.365. The van der Waals surface area contributed by atoms with E-state index in [2.05, 4.69) is 15.5 Å². The molecule has 108 valence electrons. The first-order chi connectivity index (χ1) is 9.63. The molecule has 3 heterocycles. The van der Waals surface area contributed by atoms with Crippen molar-refractivity contribution in [3.63, 3.8) is 0 Å². The highest BCUT2D eigenvalue weighted by molar-refractivity contribution is 5.77. The van der Waals surface area contributed by atoms with E-state index in [1.807, 2.05) is 4.90 Å². The van der Waals surface area contributed by atoms with Crippen LogP contribution in [0.2, 0.25) is 0 Å². The Morgan fingerprint density at radius 2 is 1.95 bits per heavy atom. The molecule has 0 spiro atoms. The SMILES string of the molecule is O=C(O)CC1CC2CCC(C1)N2C(=O)Cn1cnnn1. The molecule has 2 aliphatic rings. The molecule has 3 rings (SSSR count). The Balaban J connectivity index is 1.64. The predicted molar refractivity (Wildman–Crippen MR) is 66.4 cm³/mol. The van der Waals surface area contributed by atoms with E-state index in [9.17, 15) is 9.59 Å². The number of carbonyl (C=O) groups excluding carboxylic acids is 1. The van der Waals surface area contributed by atoms with E-state index >= 15 is 0 Å². The van der Waals surface area contributed by atoms with E-state index in [-0.39, 0.29) is 36.9 Å². The van der Waals surface area contributed by atoms with E-state index < -0.39 is 5.97 Å². The van der Waals surface area contributed by atoms with Gasteiger partial charge in [0.05, 0.1) is 0 Å². The summed E-state index contributed by atoms with van der Waals surface area (Å²) in [5.74, 6) is -0.525. The number of rotatable bonds is 4. The molecule has 8 nitrogen and oxygen atoms in total. The average Bonchev–Trinajstić information content (AvgIpc) is 2.95. The molecule has 8 heteroatoms. The molecule has 0 aliphatic carbocycles. The van der Waals surface area contributed by atoms with Gasteiger partial charge in [0.15, 0.2) is 0 Å². The highest BCUT2D eigenvalue weighted by Crippen LogP contribution is 2.39. The molecule has 20 heavy (non-hydrogen) atoms. The van der Waals surface area contributed by atoms with Crippen LogP contribution in [0.4, 0.5) is 0 Å². The monoisotopic (exact) mass is 279 g/mol. The zero-order chi connectivity index (χ0) is 14.1. The van der Waals surface area contributed by atoms with Crippen molar-refractivity contribution in [2.75, 3.05) is 0 Å². The van der Waals surface area contributed by atoms with Crippen molar-refractivity contribution in [2.45, 2.75) is 50.7 Å². The van der Waals surface area contributed by atoms with Crippen molar-refractivity contribution in [2.24, 2.45) is 5.92 Å². The van der Waals surface area contributed by atoms with Gasteiger partial charge in [-0.1, -0.05) is 0 Å². The van der Waals surface area contributed by atoms with Gasteiger partial charge < -0.3 is 10.0 Å². The fourth-order valence-electron chi connectivity index (χ4n) is 3.58. The molecule has 2 aliphatic heterocycles. The van der Waals surface area contributed by atoms with E-state index in [0.29, 0.717) is 0 Å². The van der Waals surface area contributed by atoms with Crippen LogP contribution in [0.15, 0.2) is 6.33 Å². The van der Waals surface area contributed by atoms with Crippen LogP contribution in [0.1, 0.15) is 32.1 Å². The van der Waals surface area contributed by atoms with Crippen LogP contribution in [0, 0.1) is 5.92 Å². The van der Waals surface area contributed by atoms with Crippen molar-refractivity contribution >= 4 is 11.9 Å². The maximum absolute atomic E-state index is 12.3. The minimum absolute atomic E-state index is 0.0265. The van der Waals surface area contributed by atoms with Gasteiger partial charge in [0, 0.05) is 18.5 Å². The zero-order valence-corrected chi connectivity index (χ0v) is 11.1. The summed E-state index contributed by atoms with van der Waals surface area (Å²) in [6.07, 6.45) is 5.18. The molecule has 1 aromatic rings. The predicted octanol–water partition coefficient (Wildman–Crippen LogP) is -0.0826. The van der Waals surface area contributed by atoms with Crippen molar-refractivity contribution < 1.29 is 14.7 Å². The normalized spacial score (nSPS) is 28.6. The number of tetrazole rings is 1. The maximum atomic E-state index is 12.3. The number of aromatic nitrogens is 4. The first-order valence-electron chi connectivity index (χ1n) is 6.87. The highest BCUT2D eigenvalue weighted by Gasteiger charge is 2.43. The van der Waals surface area contributed by atoms with Gasteiger partial charge in [0.25, 0.3) is 0 Å². The number of fused-ring (bicyclic) bond motifs is 2. The van der Waals surface area contributed by atoms with E-state index in [1.165, 1.54) is 11.0 Å². The van der Waals surface area contributed by atoms with Gasteiger partial charge in [0.1, 0.15) is 12.9 Å². The lowest BCUT2D eigenvalue weighted by atomic mass is 9.88. The van der Waals surface area contributed by atoms with E-state index in [1.54, 1.807) is 0 Å². The lowest BCUT2D eigenvalue weighted by Gasteiger charge is -2.38. The average molecular weight is 279 g/mol. The molecule has 2 atom stereocenters. The van der Waals surface area contributed by atoms with Crippen LogP contribution in [-0.2, 0) is 16.1 Å². The highest BCUT2D eigenvalue weighted by atomic mass is 16.4. The van der Waals surface area contributed by atoms with Gasteiger partial charge in [-0.25, -0.2) is 4.68 Å². The Hall–Kier alpha value is -1.99. The molecular weight excluding hydrogens is 262 g/mol. The second-order valence-corrected chi connectivity index (χ2v) is 5.63. The number of hydrogen-bond donors (Lipinski definition) is 1. The van der Waals surface area contributed by atoms with E-state index in [4.69, 9.17) is 5.11 Å². The minimum atomic E-state index is -0.747. The summed E-state index contributed by atoms with van der Waals surface area (Å²) in [5.41, 5.74) is 0. The van der Waals surface area contributed by atoms with Crippen LogP contribution < -0.4 is 0 Å². The third-order valence-electron chi connectivity index (χ3n) is 4.27. The van der Waals surface area contributed by atoms with Gasteiger partial charge in [-0.3, -0.25) is 9.59 Å². The van der Waals surface area contributed by atoms with Gasteiger partial charge in [-0.15, -0.1) is 5.10 Å². The molecule has 1 N–H and O–H groups in total. The minimum Gasteiger partial charge on any atom is -0.481 e. The third-order valence-corrected chi connectivity index (χ3v) is 4.27. The molecule has 1 aromatic heterocycles. The van der Waals surface area contributed by atoms with E-state index in [0.717, 1.165) is 25.7 Å². The molecular formula is C12H17N5O3. The second kappa shape index (κ2) is 5.18. The molecule has 2 unspecified atom stereocenters. The van der Waals surface area contributed by atoms with Crippen LogP contribution >= 0.6 is 0 Å². The Kier molecular flexibility index (Phi) is 3.37. The molecule has 0 saturated carbocycles.